The number of para-hydroxylation sites is 2. The quantitative estimate of drug-likeness (QED) is 0.312. The van der Waals surface area contributed by atoms with Gasteiger partial charge in [0.25, 0.3) is 0 Å². The number of fused-ring (bicyclic) bond motifs is 2. The van der Waals surface area contributed by atoms with Crippen LogP contribution in [-0.2, 0) is 10.2 Å². The maximum absolute atomic E-state index is 13.9. The fraction of sp³-hybridized carbons (Fsp3) is 0.444. The number of nitrogens with one attached hydrogen (secondary N) is 1. The van der Waals surface area contributed by atoms with Gasteiger partial charge in [-0.15, -0.1) is 0 Å². The Bertz CT molecular complexity index is 1360. The number of methoxy groups -OCH3 is 1. The highest BCUT2D eigenvalue weighted by atomic mass is 16.5. The minimum absolute atomic E-state index is 0.0870. The number of anilines is 1. The van der Waals surface area contributed by atoms with E-state index in [1.807, 2.05) is 30.3 Å². The van der Waals surface area contributed by atoms with Crippen molar-refractivity contribution in [1.82, 2.24) is 0 Å². The van der Waals surface area contributed by atoms with Crippen LogP contribution in [0.15, 0.2) is 77.8 Å². The van der Waals surface area contributed by atoms with Crippen molar-refractivity contribution in [2.75, 3.05) is 12.4 Å². The molecule has 1 N–H and O–H groups in total. The topological polar surface area (TPSA) is 50.7 Å². The van der Waals surface area contributed by atoms with Crippen LogP contribution < -0.4 is 10.1 Å². The summed E-state index contributed by atoms with van der Waals surface area (Å²) in [6.07, 6.45) is 3.65. The van der Waals surface area contributed by atoms with Gasteiger partial charge in [-0.2, -0.15) is 0 Å². The third-order valence-electron chi connectivity index (χ3n) is 9.51. The highest BCUT2D eigenvalue weighted by Gasteiger charge is 2.41. The average Bonchev–Trinajstić information content (AvgIpc) is 3.13. The highest BCUT2D eigenvalue weighted by molar-refractivity contribution is 6.10. The fourth-order valence-electron chi connectivity index (χ4n) is 6.66. The highest BCUT2D eigenvalue weighted by Crippen LogP contribution is 2.44. The van der Waals surface area contributed by atoms with Crippen molar-refractivity contribution in [3.8, 4) is 5.75 Å². The molecule has 4 nitrogen and oxygen atoms in total. The van der Waals surface area contributed by atoms with E-state index in [1.165, 1.54) is 12.0 Å². The van der Waals surface area contributed by atoms with Gasteiger partial charge < -0.3 is 10.1 Å². The van der Waals surface area contributed by atoms with Gasteiger partial charge in [0, 0.05) is 12.1 Å². The summed E-state index contributed by atoms with van der Waals surface area (Å²) in [5.74, 6) is 2.29. The van der Waals surface area contributed by atoms with E-state index in [1.54, 1.807) is 7.11 Å². The second kappa shape index (κ2) is 11.6. The molecule has 0 saturated heterocycles. The first-order valence-electron chi connectivity index (χ1n) is 14.9. The number of Topliss-reactive ketones (excluding diaryl/α,β-unsaturated/α-hetero) is 1. The zero-order chi connectivity index (χ0) is 28.4. The number of hydrogen-bond donors (Lipinski definition) is 1. The Morgan fingerprint density at radius 2 is 1.60 bits per heavy atom. The Labute approximate surface area is 240 Å². The van der Waals surface area contributed by atoms with Crippen molar-refractivity contribution in [1.29, 1.82) is 0 Å². The van der Waals surface area contributed by atoms with Gasteiger partial charge in [-0.1, -0.05) is 89.6 Å². The van der Waals surface area contributed by atoms with Gasteiger partial charge in [0.15, 0.2) is 0 Å². The van der Waals surface area contributed by atoms with E-state index in [-0.39, 0.29) is 29.1 Å². The Hall–Kier alpha value is -3.40. The van der Waals surface area contributed by atoms with Gasteiger partial charge in [-0.3, -0.25) is 9.79 Å². The first-order valence-corrected chi connectivity index (χ1v) is 14.9. The zero-order valence-corrected chi connectivity index (χ0v) is 24.9. The summed E-state index contributed by atoms with van der Waals surface area (Å²) in [7, 11) is 1.68. The zero-order valence-electron chi connectivity index (χ0n) is 24.9. The maximum atomic E-state index is 13.9. The number of carbonyl (C=O) groups is 1. The largest absolute Gasteiger partial charge is 0.497 e. The number of hydrogen-bond acceptors (Lipinski definition) is 4. The molecule has 0 spiro atoms. The maximum Gasteiger partial charge on any atom is 0.144 e. The van der Waals surface area contributed by atoms with Gasteiger partial charge in [-0.05, 0) is 77.0 Å². The number of ether oxygens (including phenoxy) is 1. The smallest absolute Gasteiger partial charge is 0.144 e. The van der Waals surface area contributed by atoms with Crippen LogP contribution in [0.4, 0.5) is 11.4 Å². The van der Waals surface area contributed by atoms with Gasteiger partial charge in [0.2, 0.25) is 0 Å². The number of aliphatic imine (C=N–C) groups is 1. The van der Waals surface area contributed by atoms with E-state index < -0.39 is 0 Å². The lowest BCUT2D eigenvalue weighted by molar-refractivity contribution is -0.122. The number of benzene rings is 3. The minimum atomic E-state index is -0.286. The van der Waals surface area contributed by atoms with Gasteiger partial charge in [0.1, 0.15) is 11.5 Å². The molecule has 4 heteroatoms. The molecule has 1 aliphatic heterocycles. The van der Waals surface area contributed by atoms with Crippen LogP contribution in [0, 0.1) is 17.8 Å². The first-order chi connectivity index (χ1) is 19.2. The van der Waals surface area contributed by atoms with Crippen LogP contribution >= 0.6 is 0 Å². The third kappa shape index (κ3) is 5.73. The molecule has 5 rings (SSSR count). The Morgan fingerprint density at radius 3 is 2.27 bits per heavy atom. The number of nitrogens with zero attached hydrogens (tertiary/aromatic N) is 1. The summed E-state index contributed by atoms with van der Waals surface area (Å²) in [6.45, 7) is 11.7. The van der Waals surface area contributed by atoms with Crippen LogP contribution in [0.1, 0.15) is 89.0 Å². The molecular formula is C36H44N2O2. The molecule has 1 heterocycles. The number of carbonyl (C=O) groups excluding carboxylic acids is 1. The summed E-state index contributed by atoms with van der Waals surface area (Å²) in [5.41, 5.74) is 6.61. The van der Waals surface area contributed by atoms with Gasteiger partial charge in [-0.25, -0.2) is 0 Å². The first kappa shape index (κ1) is 28.1. The molecule has 0 aromatic heterocycles. The van der Waals surface area contributed by atoms with E-state index in [9.17, 15) is 4.79 Å². The molecule has 0 radical (unpaired) electrons. The van der Waals surface area contributed by atoms with E-state index in [2.05, 4.69) is 82.4 Å². The van der Waals surface area contributed by atoms with Crippen LogP contribution in [0.25, 0.3) is 0 Å². The fourth-order valence-corrected chi connectivity index (χ4v) is 6.66. The van der Waals surface area contributed by atoms with Crippen molar-refractivity contribution < 1.29 is 9.53 Å². The van der Waals surface area contributed by atoms with Crippen LogP contribution in [0.5, 0.6) is 5.75 Å². The van der Waals surface area contributed by atoms with E-state index in [0.717, 1.165) is 46.8 Å². The van der Waals surface area contributed by atoms with E-state index in [4.69, 9.17) is 9.73 Å². The van der Waals surface area contributed by atoms with E-state index in [0.29, 0.717) is 18.3 Å². The standard InChI is InChI=1S/C36H44N2O2/c1-7-23(2)24(3)22-36(4,5)28-16-12-26(13-17-28)35-34-32(37-30-10-8-9-11-31(30)38-35)20-27(21-33(34)39)25-14-18-29(40-6)19-15-25/h8-19,23-24,27,34-35,38H,7,20-22H2,1-6H3. The molecule has 5 unspecified atom stereocenters. The number of ketones is 1. The molecule has 0 bridgehead atoms. The molecule has 1 fully saturated rings. The monoisotopic (exact) mass is 536 g/mol. The molecule has 5 atom stereocenters. The van der Waals surface area contributed by atoms with Crippen LogP contribution in [-0.4, -0.2) is 18.6 Å². The third-order valence-corrected chi connectivity index (χ3v) is 9.51. The molecule has 3 aromatic rings. The lowest BCUT2D eigenvalue weighted by Gasteiger charge is -2.35. The Morgan fingerprint density at radius 1 is 0.925 bits per heavy atom. The van der Waals surface area contributed by atoms with Crippen molar-refractivity contribution in [3.63, 3.8) is 0 Å². The van der Waals surface area contributed by atoms with Crippen molar-refractivity contribution in [2.24, 2.45) is 22.7 Å². The summed E-state index contributed by atoms with van der Waals surface area (Å²) in [5, 5.41) is 3.74. The van der Waals surface area contributed by atoms with E-state index >= 15 is 0 Å². The molecule has 210 valence electrons. The predicted molar refractivity (Wildman–Crippen MR) is 166 cm³/mol. The molecule has 1 saturated carbocycles. The average molecular weight is 537 g/mol. The van der Waals surface area contributed by atoms with Crippen LogP contribution in [0.3, 0.4) is 0 Å². The van der Waals surface area contributed by atoms with Crippen LogP contribution in [0.2, 0.25) is 0 Å². The lowest BCUT2D eigenvalue weighted by Crippen LogP contribution is -2.38. The molecular weight excluding hydrogens is 492 g/mol. The summed E-state index contributed by atoms with van der Waals surface area (Å²) < 4.78 is 5.35. The van der Waals surface area contributed by atoms with Crippen molar-refractivity contribution in [2.45, 2.75) is 77.7 Å². The summed E-state index contributed by atoms with van der Waals surface area (Å²) in [6, 6.07) is 25.2. The van der Waals surface area contributed by atoms with Crippen molar-refractivity contribution in [3.05, 3.63) is 89.5 Å². The summed E-state index contributed by atoms with van der Waals surface area (Å²) >= 11 is 0. The SMILES string of the molecule is CCC(C)C(C)CC(C)(C)c1ccc(C2Nc3ccccc3N=C3CC(c4ccc(OC)cc4)CC(=O)C32)cc1. The van der Waals surface area contributed by atoms with Crippen molar-refractivity contribution >= 4 is 22.9 Å². The second-order valence-corrected chi connectivity index (χ2v) is 12.6. The molecule has 0 amide bonds. The minimum Gasteiger partial charge on any atom is -0.497 e. The second-order valence-electron chi connectivity index (χ2n) is 12.6. The summed E-state index contributed by atoms with van der Waals surface area (Å²) in [4.78, 5) is 19.0. The molecule has 2 aliphatic rings. The lowest BCUT2D eigenvalue weighted by atomic mass is 9.71. The molecule has 3 aromatic carbocycles. The number of rotatable bonds is 8. The predicted octanol–water partition coefficient (Wildman–Crippen LogP) is 9.05. The molecule has 40 heavy (non-hydrogen) atoms. The Kier molecular flexibility index (Phi) is 8.16. The Balaban J connectivity index is 1.45. The molecule has 1 aliphatic carbocycles. The van der Waals surface area contributed by atoms with Gasteiger partial charge >= 0.3 is 0 Å². The van der Waals surface area contributed by atoms with Gasteiger partial charge in [0.05, 0.1) is 30.4 Å². The normalized spacial score (nSPS) is 22.2.